The average molecular weight is 294 g/mol. The molecule has 0 spiro atoms. The van der Waals surface area contributed by atoms with E-state index in [4.69, 9.17) is 27.0 Å². The van der Waals surface area contributed by atoms with Gasteiger partial charge in [0.05, 0.1) is 11.8 Å². The molecule has 0 saturated carbocycles. The lowest BCUT2D eigenvalue weighted by Gasteiger charge is -2.17. The molecule has 0 radical (unpaired) electrons. The van der Waals surface area contributed by atoms with E-state index in [1.807, 2.05) is 0 Å². The number of oxime groups is 1. The topological polar surface area (TPSA) is 92.1 Å². The zero-order valence-electron chi connectivity index (χ0n) is 10.6. The molecule has 0 bridgehead atoms. The van der Waals surface area contributed by atoms with Crippen molar-refractivity contribution >= 4 is 29.0 Å². The summed E-state index contributed by atoms with van der Waals surface area (Å²) < 4.78 is 4.90. The number of furan rings is 1. The molecule has 0 aliphatic rings. The SMILES string of the molecule is CN(C(=O)c1ccoc1Cl)c1cccc(/C(N)=N/O)c1. The minimum absolute atomic E-state index is 0.0333. The van der Waals surface area contributed by atoms with Crippen molar-refractivity contribution < 1.29 is 14.4 Å². The Morgan fingerprint density at radius 3 is 2.80 bits per heavy atom. The Morgan fingerprint density at radius 1 is 1.45 bits per heavy atom. The van der Waals surface area contributed by atoms with Crippen molar-refractivity contribution in [1.29, 1.82) is 0 Å². The second-order valence-corrected chi connectivity index (χ2v) is 4.35. The van der Waals surface area contributed by atoms with Crippen molar-refractivity contribution in [1.82, 2.24) is 0 Å². The molecule has 0 aliphatic heterocycles. The first-order valence-corrected chi connectivity index (χ1v) is 6.01. The van der Waals surface area contributed by atoms with Gasteiger partial charge in [-0.1, -0.05) is 17.3 Å². The van der Waals surface area contributed by atoms with Crippen LogP contribution in [0.4, 0.5) is 5.69 Å². The number of halogens is 1. The van der Waals surface area contributed by atoms with E-state index in [1.54, 1.807) is 31.3 Å². The molecule has 1 amide bonds. The van der Waals surface area contributed by atoms with Crippen LogP contribution in [0.3, 0.4) is 0 Å². The molecule has 0 atom stereocenters. The van der Waals surface area contributed by atoms with Crippen LogP contribution in [0.15, 0.2) is 46.2 Å². The molecule has 20 heavy (non-hydrogen) atoms. The van der Waals surface area contributed by atoms with E-state index in [-0.39, 0.29) is 22.5 Å². The molecule has 6 nitrogen and oxygen atoms in total. The summed E-state index contributed by atoms with van der Waals surface area (Å²) in [6, 6.07) is 8.21. The molecule has 0 aliphatic carbocycles. The maximum atomic E-state index is 12.2. The molecule has 7 heteroatoms. The predicted molar refractivity (Wildman–Crippen MR) is 75.4 cm³/mol. The third-order valence-electron chi connectivity index (χ3n) is 2.79. The highest BCUT2D eigenvalue weighted by Crippen LogP contribution is 2.22. The first-order valence-electron chi connectivity index (χ1n) is 5.63. The highest BCUT2D eigenvalue weighted by atomic mass is 35.5. The minimum atomic E-state index is -0.319. The third-order valence-corrected chi connectivity index (χ3v) is 3.08. The summed E-state index contributed by atoms with van der Waals surface area (Å²) in [6.45, 7) is 0. The monoisotopic (exact) mass is 293 g/mol. The Hall–Kier alpha value is -2.47. The van der Waals surface area contributed by atoms with Gasteiger partial charge in [0.25, 0.3) is 5.91 Å². The van der Waals surface area contributed by atoms with E-state index >= 15 is 0 Å². The Balaban J connectivity index is 2.32. The van der Waals surface area contributed by atoms with Crippen LogP contribution < -0.4 is 10.6 Å². The molecule has 3 N–H and O–H groups in total. The van der Waals surface area contributed by atoms with Crippen LogP contribution in [0.25, 0.3) is 0 Å². The number of nitrogens with two attached hydrogens (primary N) is 1. The summed E-state index contributed by atoms with van der Waals surface area (Å²) in [5.41, 5.74) is 6.87. The quantitative estimate of drug-likeness (QED) is 0.393. The predicted octanol–water partition coefficient (Wildman–Crippen LogP) is 2.30. The summed E-state index contributed by atoms with van der Waals surface area (Å²) in [5.74, 6) is -0.352. The van der Waals surface area contributed by atoms with Crippen molar-refractivity contribution in [3.8, 4) is 0 Å². The van der Waals surface area contributed by atoms with Crippen LogP contribution in [-0.4, -0.2) is 24.0 Å². The van der Waals surface area contributed by atoms with E-state index in [9.17, 15) is 4.79 Å². The lowest BCUT2D eigenvalue weighted by molar-refractivity contribution is 0.0992. The van der Waals surface area contributed by atoms with Gasteiger partial charge in [0.1, 0.15) is 0 Å². The van der Waals surface area contributed by atoms with Gasteiger partial charge in [-0.05, 0) is 29.8 Å². The van der Waals surface area contributed by atoms with Crippen LogP contribution >= 0.6 is 11.6 Å². The number of carbonyl (C=O) groups excluding carboxylic acids is 1. The van der Waals surface area contributed by atoms with Crippen molar-refractivity contribution in [3.63, 3.8) is 0 Å². The summed E-state index contributed by atoms with van der Waals surface area (Å²) in [4.78, 5) is 13.6. The van der Waals surface area contributed by atoms with Crippen LogP contribution in [0, 0.1) is 0 Å². The molecule has 2 aromatic rings. The maximum absolute atomic E-state index is 12.2. The number of carbonyl (C=O) groups is 1. The number of rotatable bonds is 3. The summed E-state index contributed by atoms with van der Waals surface area (Å²) >= 11 is 5.78. The summed E-state index contributed by atoms with van der Waals surface area (Å²) in [5, 5.41) is 11.6. The fourth-order valence-corrected chi connectivity index (χ4v) is 1.87. The lowest BCUT2D eigenvalue weighted by atomic mass is 10.1. The normalized spacial score (nSPS) is 11.4. The largest absolute Gasteiger partial charge is 0.452 e. The van der Waals surface area contributed by atoms with Gasteiger partial charge in [0.15, 0.2) is 5.84 Å². The Morgan fingerprint density at radius 2 is 2.20 bits per heavy atom. The summed E-state index contributed by atoms with van der Waals surface area (Å²) in [6.07, 6.45) is 1.34. The molecule has 1 aromatic heterocycles. The van der Waals surface area contributed by atoms with E-state index in [0.717, 1.165) is 0 Å². The smallest absolute Gasteiger partial charge is 0.262 e. The molecule has 104 valence electrons. The van der Waals surface area contributed by atoms with Crippen molar-refractivity contribution in [2.24, 2.45) is 10.9 Å². The molecular formula is C13H12ClN3O3. The Bertz CT molecular complexity index is 666. The minimum Gasteiger partial charge on any atom is -0.452 e. The zero-order valence-corrected chi connectivity index (χ0v) is 11.3. The average Bonchev–Trinajstić information content (AvgIpc) is 2.91. The number of hydrogen-bond acceptors (Lipinski definition) is 4. The molecule has 1 aromatic carbocycles. The van der Waals surface area contributed by atoms with Crippen molar-refractivity contribution in [2.75, 3.05) is 11.9 Å². The van der Waals surface area contributed by atoms with Gasteiger partial charge in [0.2, 0.25) is 5.22 Å². The van der Waals surface area contributed by atoms with Crippen molar-refractivity contribution in [3.05, 3.63) is 52.9 Å². The van der Waals surface area contributed by atoms with E-state index in [0.29, 0.717) is 11.3 Å². The summed E-state index contributed by atoms with van der Waals surface area (Å²) in [7, 11) is 1.59. The fourth-order valence-electron chi connectivity index (χ4n) is 1.68. The van der Waals surface area contributed by atoms with E-state index in [2.05, 4.69) is 5.16 Å². The van der Waals surface area contributed by atoms with Gasteiger partial charge in [0, 0.05) is 18.3 Å². The van der Waals surface area contributed by atoms with E-state index < -0.39 is 0 Å². The second-order valence-electron chi connectivity index (χ2n) is 4.01. The maximum Gasteiger partial charge on any atom is 0.262 e. The highest BCUT2D eigenvalue weighted by molar-refractivity contribution is 6.32. The standard InChI is InChI=1S/C13H12ClN3O3/c1-17(13(18)10-5-6-20-11(10)14)9-4-2-3-8(7-9)12(15)16-19/h2-7,19H,1H3,(H2,15,16). The Labute approximate surface area is 120 Å². The number of hydrogen-bond donors (Lipinski definition) is 2. The molecule has 0 saturated heterocycles. The second kappa shape index (κ2) is 5.66. The lowest BCUT2D eigenvalue weighted by Crippen LogP contribution is -2.26. The van der Waals surface area contributed by atoms with Crippen LogP contribution in [0.2, 0.25) is 5.22 Å². The number of anilines is 1. The van der Waals surface area contributed by atoms with Crippen LogP contribution in [0.1, 0.15) is 15.9 Å². The molecular weight excluding hydrogens is 282 g/mol. The first kappa shape index (κ1) is 14.0. The van der Waals surface area contributed by atoms with Crippen LogP contribution in [0.5, 0.6) is 0 Å². The zero-order chi connectivity index (χ0) is 14.7. The molecule has 0 unspecified atom stereocenters. The number of amidine groups is 1. The van der Waals surface area contributed by atoms with Gasteiger partial charge in [-0.25, -0.2) is 0 Å². The van der Waals surface area contributed by atoms with Gasteiger partial charge < -0.3 is 20.3 Å². The Kier molecular flexibility index (Phi) is 3.95. The number of nitrogens with zero attached hydrogens (tertiary/aromatic N) is 2. The van der Waals surface area contributed by atoms with Crippen LogP contribution in [-0.2, 0) is 0 Å². The van der Waals surface area contributed by atoms with E-state index in [1.165, 1.54) is 17.2 Å². The van der Waals surface area contributed by atoms with Gasteiger partial charge in [-0.15, -0.1) is 0 Å². The van der Waals surface area contributed by atoms with Crippen molar-refractivity contribution in [2.45, 2.75) is 0 Å². The molecule has 1 heterocycles. The van der Waals surface area contributed by atoms with Gasteiger partial charge in [-0.3, -0.25) is 4.79 Å². The molecule has 0 fully saturated rings. The number of benzene rings is 1. The highest BCUT2D eigenvalue weighted by Gasteiger charge is 2.19. The van der Waals surface area contributed by atoms with Gasteiger partial charge in [-0.2, -0.15) is 0 Å². The van der Waals surface area contributed by atoms with Gasteiger partial charge >= 0.3 is 0 Å². The third kappa shape index (κ3) is 2.60. The first-order chi connectivity index (χ1) is 9.54. The molecule has 2 rings (SSSR count). The fraction of sp³-hybridized carbons (Fsp3) is 0.0769. The number of amides is 1.